The van der Waals surface area contributed by atoms with Crippen molar-refractivity contribution in [3.05, 3.63) is 35.9 Å². The van der Waals surface area contributed by atoms with Crippen molar-refractivity contribution >= 4 is 17.7 Å². The van der Waals surface area contributed by atoms with E-state index >= 15 is 0 Å². The number of carboxylic acids is 1. The molecule has 0 aromatic heterocycles. The van der Waals surface area contributed by atoms with Crippen LogP contribution in [0.5, 0.6) is 0 Å². The maximum absolute atomic E-state index is 11.3. The predicted molar refractivity (Wildman–Crippen MR) is 67.5 cm³/mol. The van der Waals surface area contributed by atoms with E-state index in [2.05, 4.69) is 0 Å². The molecular weight excluding hydrogens is 222 g/mol. The van der Waals surface area contributed by atoms with Crippen LogP contribution >= 0.6 is 11.8 Å². The first-order valence-electron chi connectivity index (χ1n) is 5.16. The highest BCUT2D eigenvalue weighted by molar-refractivity contribution is 7.99. The van der Waals surface area contributed by atoms with Gasteiger partial charge >= 0.3 is 5.97 Å². The van der Waals surface area contributed by atoms with Gasteiger partial charge in [0.1, 0.15) is 5.54 Å². The second kappa shape index (κ2) is 5.37. The van der Waals surface area contributed by atoms with Crippen molar-refractivity contribution in [3.63, 3.8) is 0 Å². The Morgan fingerprint density at radius 1 is 1.44 bits per heavy atom. The molecule has 0 aliphatic rings. The molecule has 0 bridgehead atoms. The summed E-state index contributed by atoms with van der Waals surface area (Å²) in [7, 11) is 0. The molecular formula is C12H17NO2S. The number of hydrogen-bond donors (Lipinski definition) is 2. The van der Waals surface area contributed by atoms with Crippen LogP contribution in [0.4, 0.5) is 0 Å². The zero-order chi connectivity index (χ0) is 12.2. The second-order valence-corrected chi connectivity index (χ2v) is 5.57. The van der Waals surface area contributed by atoms with Crippen LogP contribution < -0.4 is 5.73 Å². The lowest BCUT2D eigenvalue weighted by Gasteiger charge is -2.25. The largest absolute Gasteiger partial charge is 0.480 e. The number of aliphatic carboxylic acids is 1. The topological polar surface area (TPSA) is 63.3 Å². The van der Waals surface area contributed by atoms with Gasteiger partial charge in [0, 0.05) is 5.75 Å². The van der Waals surface area contributed by atoms with Gasteiger partial charge in [-0.1, -0.05) is 44.2 Å². The SMILES string of the molecule is CC(C)SCC(N)(C(=O)O)c1ccccc1. The molecule has 1 aromatic carbocycles. The lowest BCUT2D eigenvalue weighted by molar-refractivity contribution is -0.142. The van der Waals surface area contributed by atoms with E-state index in [-0.39, 0.29) is 0 Å². The summed E-state index contributed by atoms with van der Waals surface area (Å²) in [5.41, 5.74) is 5.34. The Kier molecular flexibility index (Phi) is 4.38. The molecule has 1 unspecified atom stereocenters. The molecule has 88 valence electrons. The summed E-state index contributed by atoms with van der Waals surface area (Å²) in [6, 6.07) is 8.98. The van der Waals surface area contributed by atoms with Crippen molar-refractivity contribution < 1.29 is 9.90 Å². The van der Waals surface area contributed by atoms with Crippen LogP contribution in [0.3, 0.4) is 0 Å². The standard InChI is InChI=1S/C12H17NO2S/c1-9(2)16-8-12(13,11(14)15)10-6-4-3-5-7-10/h3-7,9H,8,13H2,1-2H3,(H,14,15). The fourth-order valence-corrected chi connectivity index (χ4v) is 2.19. The summed E-state index contributed by atoms with van der Waals surface area (Å²) in [5, 5.41) is 9.63. The Labute approximate surface area is 100 Å². The molecule has 1 rings (SSSR count). The smallest absolute Gasteiger partial charge is 0.329 e. The fraction of sp³-hybridized carbons (Fsp3) is 0.417. The van der Waals surface area contributed by atoms with E-state index in [9.17, 15) is 9.90 Å². The van der Waals surface area contributed by atoms with Crippen LogP contribution in [0.25, 0.3) is 0 Å². The van der Waals surface area contributed by atoms with Crippen molar-refractivity contribution in [2.45, 2.75) is 24.6 Å². The van der Waals surface area contributed by atoms with E-state index in [0.29, 0.717) is 16.6 Å². The third-order valence-electron chi connectivity index (χ3n) is 2.31. The summed E-state index contributed by atoms with van der Waals surface area (Å²) >= 11 is 1.56. The fourth-order valence-electron chi connectivity index (χ4n) is 1.30. The van der Waals surface area contributed by atoms with E-state index in [4.69, 9.17) is 5.73 Å². The van der Waals surface area contributed by atoms with Crippen molar-refractivity contribution in [1.82, 2.24) is 0 Å². The minimum atomic E-state index is -1.30. The number of rotatable bonds is 5. The van der Waals surface area contributed by atoms with Gasteiger partial charge in [-0.15, -0.1) is 0 Å². The van der Waals surface area contributed by atoms with E-state index in [0.717, 1.165) is 0 Å². The predicted octanol–water partition coefficient (Wildman–Crippen LogP) is 2.07. The van der Waals surface area contributed by atoms with E-state index in [1.54, 1.807) is 36.0 Å². The van der Waals surface area contributed by atoms with Gasteiger partial charge in [0.25, 0.3) is 0 Å². The van der Waals surface area contributed by atoms with Crippen LogP contribution in [0, 0.1) is 0 Å². The number of carboxylic acid groups (broad SMARTS) is 1. The molecule has 0 saturated heterocycles. The van der Waals surface area contributed by atoms with Gasteiger partial charge in [-0.05, 0) is 10.8 Å². The summed E-state index contributed by atoms with van der Waals surface area (Å²) < 4.78 is 0. The molecule has 1 aromatic rings. The molecule has 0 aliphatic heterocycles. The average Bonchev–Trinajstić information content (AvgIpc) is 2.26. The summed E-state index contributed by atoms with van der Waals surface area (Å²) in [4.78, 5) is 11.3. The Morgan fingerprint density at radius 3 is 2.44 bits per heavy atom. The van der Waals surface area contributed by atoms with E-state index in [1.807, 2.05) is 19.9 Å². The number of benzene rings is 1. The van der Waals surface area contributed by atoms with Crippen molar-refractivity contribution in [2.75, 3.05) is 5.75 Å². The first-order valence-corrected chi connectivity index (χ1v) is 6.21. The summed E-state index contributed by atoms with van der Waals surface area (Å²) in [5.74, 6) is -0.601. The maximum Gasteiger partial charge on any atom is 0.329 e. The van der Waals surface area contributed by atoms with Gasteiger partial charge in [-0.2, -0.15) is 11.8 Å². The van der Waals surface area contributed by atoms with Gasteiger partial charge in [-0.25, -0.2) is 4.79 Å². The first kappa shape index (κ1) is 13.1. The average molecular weight is 239 g/mol. The van der Waals surface area contributed by atoms with Crippen LogP contribution in [0.2, 0.25) is 0 Å². The highest BCUT2D eigenvalue weighted by Crippen LogP contribution is 2.25. The Balaban J connectivity index is 2.93. The van der Waals surface area contributed by atoms with Gasteiger partial charge in [0.15, 0.2) is 0 Å². The van der Waals surface area contributed by atoms with Crippen LogP contribution in [-0.2, 0) is 10.3 Å². The molecule has 0 spiro atoms. The normalized spacial score (nSPS) is 14.8. The quantitative estimate of drug-likeness (QED) is 0.825. The van der Waals surface area contributed by atoms with Gasteiger partial charge in [0.05, 0.1) is 0 Å². The monoisotopic (exact) mass is 239 g/mol. The van der Waals surface area contributed by atoms with Crippen molar-refractivity contribution in [1.29, 1.82) is 0 Å². The molecule has 4 heteroatoms. The van der Waals surface area contributed by atoms with E-state index < -0.39 is 11.5 Å². The molecule has 0 amide bonds. The van der Waals surface area contributed by atoms with Crippen molar-refractivity contribution in [3.8, 4) is 0 Å². The van der Waals surface area contributed by atoms with Crippen LogP contribution in [-0.4, -0.2) is 22.1 Å². The van der Waals surface area contributed by atoms with Gasteiger partial charge in [0.2, 0.25) is 0 Å². The van der Waals surface area contributed by atoms with Gasteiger partial charge < -0.3 is 10.8 Å². The summed E-state index contributed by atoms with van der Waals surface area (Å²) in [6.45, 7) is 4.05. The second-order valence-electron chi connectivity index (χ2n) is 4.00. The minimum absolute atomic E-state index is 0.367. The third kappa shape index (κ3) is 3.00. The van der Waals surface area contributed by atoms with Gasteiger partial charge in [-0.3, -0.25) is 0 Å². The maximum atomic E-state index is 11.3. The molecule has 0 fully saturated rings. The molecule has 0 aliphatic carbocycles. The lowest BCUT2D eigenvalue weighted by Crippen LogP contribution is -2.47. The molecule has 3 N–H and O–H groups in total. The van der Waals surface area contributed by atoms with Crippen LogP contribution in [0.15, 0.2) is 30.3 Å². The lowest BCUT2D eigenvalue weighted by atomic mass is 9.93. The first-order chi connectivity index (χ1) is 7.47. The molecule has 0 heterocycles. The Morgan fingerprint density at radius 2 is 2.00 bits per heavy atom. The highest BCUT2D eigenvalue weighted by Gasteiger charge is 2.36. The molecule has 0 saturated carbocycles. The Bertz CT molecular complexity index is 353. The zero-order valence-corrected chi connectivity index (χ0v) is 10.3. The molecule has 16 heavy (non-hydrogen) atoms. The number of nitrogens with two attached hydrogens (primary N) is 1. The minimum Gasteiger partial charge on any atom is -0.480 e. The summed E-state index contributed by atoms with van der Waals surface area (Å²) in [6.07, 6.45) is 0. The molecule has 0 radical (unpaired) electrons. The van der Waals surface area contributed by atoms with Crippen LogP contribution in [0.1, 0.15) is 19.4 Å². The van der Waals surface area contributed by atoms with Crippen molar-refractivity contribution in [2.24, 2.45) is 5.73 Å². The third-order valence-corrected chi connectivity index (χ3v) is 3.60. The number of carbonyl (C=O) groups is 1. The number of thioether (sulfide) groups is 1. The highest BCUT2D eigenvalue weighted by atomic mass is 32.2. The van der Waals surface area contributed by atoms with E-state index in [1.165, 1.54) is 0 Å². The molecule has 3 nitrogen and oxygen atoms in total. The number of hydrogen-bond acceptors (Lipinski definition) is 3. The zero-order valence-electron chi connectivity index (χ0n) is 9.51. The Hall–Kier alpha value is -1.00. The molecule has 1 atom stereocenters.